The highest BCUT2D eigenvalue weighted by Gasteiger charge is 2.15. The molecule has 0 aliphatic rings. The summed E-state index contributed by atoms with van der Waals surface area (Å²) in [5.41, 5.74) is 2.43. The van der Waals surface area contributed by atoms with E-state index >= 15 is 0 Å². The van der Waals surface area contributed by atoms with Gasteiger partial charge in [0.05, 0.1) is 16.7 Å². The highest BCUT2D eigenvalue weighted by molar-refractivity contribution is 8.00. The molecule has 0 saturated heterocycles. The number of nitrogens with zero attached hydrogens (tertiary/aromatic N) is 2. The van der Waals surface area contributed by atoms with Crippen molar-refractivity contribution in [3.05, 3.63) is 22.6 Å². The highest BCUT2D eigenvalue weighted by Crippen LogP contribution is 2.34. The van der Waals surface area contributed by atoms with Crippen LogP contribution in [0.5, 0.6) is 0 Å². The Morgan fingerprint density at radius 3 is 2.36 bits per heavy atom. The predicted octanol–water partition coefficient (Wildman–Crippen LogP) is 3.12. The van der Waals surface area contributed by atoms with Gasteiger partial charge in [0, 0.05) is 30.7 Å². The van der Waals surface area contributed by atoms with Crippen LogP contribution in [0.4, 0.5) is 5.69 Å². The predicted molar refractivity (Wildman–Crippen MR) is 92.7 cm³/mol. The second-order valence-electron chi connectivity index (χ2n) is 5.70. The number of nitrogens with one attached hydrogen (secondary N) is 1. The summed E-state index contributed by atoms with van der Waals surface area (Å²) in [4.78, 5) is 25.0. The number of carbonyl (C=O) groups is 1. The van der Waals surface area contributed by atoms with E-state index in [9.17, 15) is 9.59 Å². The Kier molecular flexibility index (Phi) is 5.01. The van der Waals surface area contributed by atoms with Gasteiger partial charge in [-0.15, -0.1) is 11.8 Å². The molecule has 0 aliphatic heterocycles. The van der Waals surface area contributed by atoms with Crippen LogP contribution in [-0.2, 0) is 18.9 Å². The first-order valence-electron chi connectivity index (χ1n) is 7.51. The fourth-order valence-corrected chi connectivity index (χ4v) is 3.34. The second kappa shape index (κ2) is 6.60. The zero-order chi connectivity index (χ0) is 16.4. The number of benzene rings is 1. The van der Waals surface area contributed by atoms with Gasteiger partial charge in [0.1, 0.15) is 0 Å². The Bertz CT molecular complexity index is 759. The van der Waals surface area contributed by atoms with Crippen molar-refractivity contribution in [3.8, 4) is 0 Å². The van der Waals surface area contributed by atoms with Crippen LogP contribution in [-0.4, -0.2) is 20.3 Å². The third-order valence-corrected chi connectivity index (χ3v) is 4.55. The van der Waals surface area contributed by atoms with Crippen LogP contribution in [0.15, 0.2) is 21.8 Å². The monoisotopic (exact) mass is 321 g/mol. The molecule has 0 unspecified atom stereocenters. The van der Waals surface area contributed by atoms with E-state index in [1.165, 1.54) is 0 Å². The summed E-state index contributed by atoms with van der Waals surface area (Å²) >= 11 is 1.68. The molecule has 0 radical (unpaired) electrons. The van der Waals surface area contributed by atoms with Crippen LogP contribution in [0.2, 0.25) is 0 Å². The molecular weight excluding hydrogens is 298 g/mol. The van der Waals surface area contributed by atoms with Gasteiger partial charge >= 0.3 is 5.69 Å². The smallest absolute Gasteiger partial charge is 0.325 e. The minimum Gasteiger partial charge on any atom is -0.325 e. The van der Waals surface area contributed by atoms with E-state index < -0.39 is 0 Å². The van der Waals surface area contributed by atoms with Crippen molar-refractivity contribution in [2.75, 3.05) is 5.32 Å². The first kappa shape index (κ1) is 16.7. The van der Waals surface area contributed by atoms with Crippen LogP contribution in [0.3, 0.4) is 0 Å². The van der Waals surface area contributed by atoms with E-state index in [-0.39, 0.29) is 11.6 Å². The quantitative estimate of drug-likeness (QED) is 0.861. The van der Waals surface area contributed by atoms with E-state index in [0.717, 1.165) is 28.0 Å². The Labute approximate surface area is 134 Å². The van der Waals surface area contributed by atoms with Crippen LogP contribution in [0.25, 0.3) is 11.0 Å². The normalized spacial score (nSPS) is 11.4. The molecule has 1 heterocycles. The maximum atomic E-state index is 12.1. The third kappa shape index (κ3) is 3.21. The molecule has 1 aromatic carbocycles. The molecular formula is C16H23N3O2S. The van der Waals surface area contributed by atoms with Crippen molar-refractivity contribution < 1.29 is 4.79 Å². The van der Waals surface area contributed by atoms with Gasteiger partial charge in [-0.25, -0.2) is 4.79 Å². The molecule has 0 spiro atoms. The summed E-state index contributed by atoms with van der Waals surface area (Å²) in [5, 5.41) is 3.37. The zero-order valence-corrected chi connectivity index (χ0v) is 14.6. The van der Waals surface area contributed by atoms with Crippen LogP contribution in [0.1, 0.15) is 33.6 Å². The summed E-state index contributed by atoms with van der Waals surface area (Å²) in [6, 6.07) is 3.89. The van der Waals surface area contributed by atoms with E-state index in [0.29, 0.717) is 11.7 Å². The fourth-order valence-electron chi connectivity index (χ4n) is 2.41. The van der Waals surface area contributed by atoms with Crippen LogP contribution < -0.4 is 11.0 Å². The lowest BCUT2D eigenvalue weighted by Gasteiger charge is -2.13. The molecule has 0 saturated carbocycles. The van der Waals surface area contributed by atoms with Crippen molar-refractivity contribution in [2.24, 2.45) is 14.1 Å². The zero-order valence-electron chi connectivity index (χ0n) is 13.8. The summed E-state index contributed by atoms with van der Waals surface area (Å²) in [7, 11) is 3.52. The SMILES string of the molecule is CCCC(=O)Nc1cc2c(cc1SC(C)C)n(C)c(=O)n2C. The van der Waals surface area contributed by atoms with Gasteiger partial charge in [-0.3, -0.25) is 13.9 Å². The van der Waals surface area contributed by atoms with Gasteiger partial charge in [-0.1, -0.05) is 20.8 Å². The topological polar surface area (TPSA) is 56.0 Å². The number of aryl methyl sites for hydroxylation is 2. The third-order valence-electron chi connectivity index (χ3n) is 3.49. The number of imidazole rings is 1. The van der Waals surface area contributed by atoms with Crippen LogP contribution >= 0.6 is 11.8 Å². The lowest BCUT2D eigenvalue weighted by Crippen LogP contribution is -2.19. The lowest BCUT2D eigenvalue weighted by atomic mass is 10.2. The van der Waals surface area contributed by atoms with Gasteiger partial charge in [-0.2, -0.15) is 0 Å². The van der Waals surface area contributed by atoms with E-state index in [1.54, 1.807) is 35.0 Å². The Hall–Kier alpha value is -1.69. The van der Waals surface area contributed by atoms with Crippen molar-refractivity contribution in [1.29, 1.82) is 0 Å². The Balaban J connectivity index is 2.58. The molecule has 2 aromatic rings. The number of anilines is 1. The molecule has 0 aliphatic carbocycles. The molecule has 5 nitrogen and oxygen atoms in total. The summed E-state index contributed by atoms with van der Waals surface area (Å²) in [5.74, 6) is 0.00777. The van der Waals surface area contributed by atoms with Crippen molar-refractivity contribution in [1.82, 2.24) is 9.13 Å². The van der Waals surface area contributed by atoms with Gasteiger partial charge in [0.15, 0.2) is 0 Å². The number of hydrogen-bond acceptors (Lipinski definition) is 3. The minimum absolute atomic E-state index is 0.00777. The Morgan fingerprint density at radius 2 is 1.82 bits per heavy atom. The average Bonchev–Trinajstić information content (AvgIpc) is 2.64. The maximum Gasteiger partial charge on any atom is 0.328 e. The number of rotatable bonds is 5. The van der Waals surface area contributed by atoms with Crippen molar-refractivity contribution in [3.63, 3.8) is 0 Å². The number of amides is 1. The van der Waals surface area contributed by atoms with Crippen molar-refractivity contribution in [2.45, 2.75) is 43.8 Å². The molecule has 1 N–H and O–H groups in total. The summed E-state index contributed by atoms with van der Waals surface area (Å²) < 4.78 is 3.24. The number of thioether (sulfide) groups is 1. The molecule has 0 fully saturated rings. The lowest BCUT2D eigenvalue weighted by molar-refractivity contribution is -0.116. The van der Waals surface area contributed by atoms with Crippen molar-refractivity contribution >= 4 is 34.4 Å². The van der Waals surface area contributed by atoms with Gasteiger partial charge in [0.25, 0.3) is 0 Å². The number of aromatic nitrogens is 2. The van der Waals surface area contributed by atoms with Gasteiger partial charge in [0.2, 0.25) is 5.91 Å². The molecule has 6 heteroatoms. The number of fused-ring (bicyclic) bond motifs is 1. The largest absolute Gasteiger partial charge is 0.328 e. The van der Waals surface area contributed by atoms with Gasteiger partial charge < -0.3 is 5.32 Å². The molecule has 1 amide bonds. The van der Waals surface area contributed by atoms with E-state index in [1.807, 2.05) is 19.1 Å². The molecule has 0 atom stereocenters. The second-order valence-corrected chi connectivity index (χ2v) is 7.32. The summed E-state index contributed by atoms with van der Waals surface area (Å²) in [6.45, 7) is 6.19. The van der Waals surface area contributed by atoms with Gasteiger partial charge in [-0.05, 0) is 18.6 Å². The molecule has 1 aromatic heterocycles. The number of hydrogen-bond donors (Lipinski definition) is 1. The molecule has 22 heavy (non-hydrogen) atoms. The highest BCUT2D eigenvalue weighted by atomic mass is 32.2. The van der Waals surface area contributed by atoms with Crippen LogP contribution in [0, 0.1) is 0 Å². The summed E-state index contributed by atoms with van der Waals surface area (Å²) in [6.07, 6.45) is 1.31. The molecule has 120 valence electrons. The van der Waals surface area contributed by atoms with E-state index in [2.05, 4.69) is 19.2 Å². The molecule has 0 bridgehead atoms. The first-order chi connectivity index (χ1) is 10.3. The first-order valence-corrected chi connectivity index (χ1v) is 8.39. The Morgan fingerprint density at radius 1 is 1.23 bits per heavy atom. The average molecular weight is 321 g/mol. The minimum atomic E-state index is -0.0625. The fraction of sp³-hybridized carbons (Fsp3) is 0.500. The van der Waals surface area contributed by atoms with E-state index in [4.69, 9.17) is 0 Å². The standard InChI is InChI=1S/C16H23N3O2S/c1-6-7-15(20)17-11-8-12-13(9-14(11)22-10(2)3)19(5)16(21)18(12)4/h8-10H,6-7H2,1-5H3,(H,17,20). The molecule has 2 rings (SSSR count). The maximum absolute atomic E-state index is 12.1. The number of carbonyl (C=O) groups excluding carboxylic acids is 1.